The summed E-state index contributed by atoms with van der Waals surface area (Å²) in [5, 5.41) is 3.14. The number of H-pyrrole nitrogens is 1. The van der Waals surface area contributed by atoms with E-state index in [4.69, 9.17) is 0 Å². The highest BCUT2D eigenvalue weighted by molar-refractivity contribution is 5.52. The van der Waals surface area contributed by atoms with Gasteiger partial charge in [-0.25, -0.2) is 13.8 Å². The lowest BCUT2D eigenvalue weighted by Gasteiger charge is -2.35. The highest BCUT2D eigenvalue weighted by atomic mass is 19.1. The summed E-state index contributed by atoms with van der Waals surface area (Å²) >= 11 is 0. The van der Waals surface area contributed by atoms with Gasteiger partial charge in [-0.1, -0.05) is 42.5 Å². The van der Waals surface area contributed by atoms with Crippen molar-refractivity contribution in [1.82, 2.24) is 14.5 Å². The number of aromatic nitrogens is 2. The first kappa shape index (κ1) is 17.2. The summed E-state index contributed by atoms with van der Waals surface area (Å²) in [6.45, 7) is 2.84. The second kappa shape index (κ2) is 6.85. The molecule has 1 aliphatic rings. The maximum Gasteiger partial charge on any atom is 0.334 e. The normalized spacial score (nSPS) is 15.0. The Kier molecular flexibility index (Phi) is 4.37. The fourth-order valence-electron chi connectivity index (χ4n) is 3.42. The number of anilines is 1. The number of benzene rings is 2. The van der Waals surface area contributed by atoms with Gasteiger partial charge in [-0.3, -0.25) is 14.7 Å². The van der Waals surface area contributed by atoms with E-state index in [0.29, 0.717) is 24.6 Å². The van der Waals surface area contributed by atoms with Crippen LogP contribution in [0.5, 0.6) is 0 Å². The molecular formula is C20H19FN4O2. The van der Waals surface area contributed by atoms with Gasteiger partial charge >= 0.3 is 5.69 Å². The first-order valence-electron chi connectivity index (χ1n) is 8.72. The van der Waals surface area contributed by atoms with E-state index >= 15 is 0 Å². The third-order valence-electron chi connectivity index (χ3n) is 4.94. The van der Waals surface area contributed by atoms with Gasteiger partial charge in [-0.15, -0.1) is 0 Å². The van der Waals surface area contributed by atoms with Crippen molar-refractivity contribution in [2.45, 2.75) is 19.5 Å². The van der Waals surface area contributed by atoms with Crippen LogP contribution in [-0.2, 0) is 6.54 Å². The van der Waals surface area contributed by atoms with E-state index in [0.717, 1.165) is 5.56 Å². The smallest absolute Gasteiger partial charge is 0.334 e. The molecule has 6 nitrogen and oxygen atoms in total. The third-order valence-corrected chi connectivity index (χ3v) is 4.94. The van der Waals surface area contributed by atoms with Crippen LogP contribution in [0.2, 0.25) is 0 Å². The molecule has 1 atom stereocenters. The Labute approximate surface area is 154 Å². The minimum absolute atomic E-state index is 0.0695. The van der Waals surface area contributed by atoms with Crippen molar-refractivity contribution in [3.8, 4) is 5.69 Å². The fraction of sp³-hybridized carbons (Fsp3) is 0.200. The molecule has 0 fully saturated rings. The lowest BCUT2D eigenvalue weighted by Crippen LogP contribution is -2.43. The zero-order valence-electron chi connectivity index (χ0n) is 14.8. The minimum Gasteiger partial charge on any atom is -0.358 e. The Hall–Kier alpha value is -3.19. The molecule has 7 heteroatoms. The summed E-state index contributed by atoms with van der Waals surface area (Å²) in [7, 11) is 0. The molecule has 4 rings (SSSR count). The van der Waals surface area contributed by atoms with Gasteiger partial charge in [-0.2, -0.15) is 0 Å². The molecule has 0 aliphatic carbocycles. The first-order valence-corrected chi connectivity index (χ1v) is 8.72. The molecule has 0 radical (unpaired) electrons. The maximum atomic E-state index is 14.3. The molecule has 0 spiro atoms. The average Bonchev–Trinajstić information content (AvgIpc) is 2.69. The summed E-state index contributed by atoms with van der Waals surface area (Å²) in [4.78, 5) is 29.2. The van der Waals surface area contributed by atoms with Gasteiger partial charge in [0.2, 0.25) is 0 Å². The van der Waals surface area contributed by atoms with Crippen molar-refractivity contribution in [1.29, 1.82) is 0 Å². The predicted molar refractivity (Wildman–Crippen MR) is 102 cm³/mol. The number of halogens is 1. The van der Waals surface area contributed by atoms with Crippen LogP contribution in [0.15, 0.2) is 64.2 Å². The molecule has 0 saturated carbocycles. The predicted octanol–water partition coefficient (Wildman–Crippen LogP) is 2.61. The number of rotatable bonds is 3. The van der Waals surface area contributed by atoms with Gasteiger partial charge in [0, 0.05) is 12.6 Å². The SMILES string of the molecule is CC(c1ccccc1)N1CNc2c(c(=O)[nH]c(=O)n2-c2ccccc2F)C1. The molecule has 3 aromatic rings. The van der Waals surface area contributed by atoms with Crippen LogP contribution in [0, 0.1) is 5.82 Å². The van der Waals surface area contributed by atoms with Crippen molar-refractivity contribution in [2.75, 3.05) is 12.0 Å². The van der Waals surface area contributed by atoms with Gasteiger partial charge in [0.1, 0.15) is 11.6 Å². The van der Waals surface area contributed by atoms with Gasteiger partial charge in [0.15, 0.2) is 0 Å². The molecule has 0 amide bonds. The quantitative estimate of drug-likeness (QED) is 0.748. The van der Waals surface area contributed by atoms with Crippen LogP contribution in [-0.4, -0.2) is 21.1 Å². The van der Waals surface area contributed by atoms with Gasteiger partial charge in [0.05, 0.1) is 17.9 Å². The van der Waals surface area contributed by atoms with E-state index in [1.807, 2.05) is 30.3 Å². The Morgan fingerprint density at radius 3 is 2.48 bits per heavy atom. The Morgan fingerprint density at radius 2 is 1.74 bits per heavy atom. The monoisotopic (exact) mass is 366 g/mol. The van der Waals surface area contributed by atoms with Crippen molar-refractivity contribution < 1.29 is 4.39 Å². The zero-order chi connectivity index (χ0) is 19.0. The fourth-order valence-corrected chi connectivity index (χ4v) is 3.42. The second-order valence-electron chi connectivity index (χ2n) is 6.54. The molecule has 2 heterocycles. The van der Waals surface area contributed by atoms with E-state index in [1.54, 1.807) is 12.1 Å². The van der Waals surface area contributed by atoms with Crippen LogP contribution in [0.3, 0.4) is 0 Å². The van der Waals surface area contributed by atoms with E-state index < -0.39 is 17.1 Å². The van der Waals surface area contributed by atoms with Crippen molar-refractivity contribution in [3.63, 3.8) is 0 Å². The molecule has 0 bridgehead atoms. The number of hydrogen-bond acceptors (Lipinski definition) is 4. The van der Waals surface area contributed by atoms with Gasteiger partial charge in [0.25, 0.3) is 5.56 Å². The van der Waals surface area contributed by atoms with E-state index in [2.05, 4.69) is 22.1 Å². The van der Waals surface area contributed by atoms with Crippen LogP contribution in [0.4, 0.5) is 10.2 Å². The first-order chi connectivity index (χ1) is 13.1. The summed E-state index contributed by atoms with van der Waals surface area (Å²) < 4.78 is 15.5. The maximum absolute atomic E-state index is 14.3. The third kappa shape index (κ3) is 3.06. The Bertz CT molecular complexity index is 1090. The molecule has 1 aromatic heterocycles. The number of para-hydroxylation sites is 1. The summed E-state index contributed by atoms with van der Waals surface area (Å²) in [6.07, 6.45) is 0. The van der Waals surface area contributed by atoms with Crippen molar-refractivity contribution >= 4 is 5.82 Å². The van der Waals surface area contributed by atoms with Crippen molar-refractivity contribution in [2.24, 2.45) is 0 Å². The lowest BCUT2D eigenvalue weighted by molar-refractivity contribution is 0.207. The molecule has 2 aromatic carbocycles. The molecule has 1 unspecified atom stereocenters. The standard InChI is InChI=1S/C20H19FN4O2/c1-13(14-7-3-2-4-8-14)24-11-15-18(22-12-24)25(20(27)23-19(15)26)17-10-6-5-9-16(17)21/h2-10,13,22H,11-12H2,1H3,(H,23,26,27). The highest BCUT2D eigenvalue weighted by Crippen LogP contribution is 2.28. The van der Waals surface area contributed by atoms with Crippen LogP contribution in [0.25, 0.3) is 5.69 Å². The number of nitrogens with one attached hydrogen (secondary N) is 2. The summed E-state index contributed by atoms with van der Waals surface area (Å²) in [5.41, 5.74) is 0.515. The van der Waals surface area contributed by atoms with E-state index in [-0.39, 0.29) is 11.7 Å². The topological polar surface area (TPSA) is 70.1 Å². The number of fused-ring (bicyclic) bond motifs is 1. The van der Waals surface area contributed by atoms with Gasteiger partial charge < -0.3 is 5.32 Å². The zero-order valence-corrected chi connectivity index (χ0v) is 14.8. The average molecular weight is 366 g/mol. The van der Waals surface area contributed by atoms with Crippen LogP contribution >= 0.6 is 0 Å². The van der Waals surface area contributed by atoms with Gasteiger partial charge in [-0.05, 0) is 24.6 Å². The number of aromatic amines is 1. The second-order valence-corrected chi connectivity index (χ2v) is 6.54. The molecule has 1 aliphatic heterocycles. The highest BCUT2D eigenvalue weighted by Gasteiger charge is 2.27. The molecule has 0 saturated heterocycles. The molecular weight excluding hydrogens is 347 g/mol. The lowest BCUT2D eigenvalue weighted by atomic mass is 10.1. The Morgan fingerprint density at radius 1 is 1.04 bits per heavy atom. The molecule has 2 N–H and O–H groups in total. The number of nitrogens with zero attached hydrogens (tertiary/aromatic N) is 2. The van der Waals surface area contributed by atoms with Crippen LogP contribution < -0.4 is 16.6 Å². The molecule has 27 heavy (non-hydrogen) atoms. The summed E-state index contributed by atoms with van der Waals surface area (Å²) in [5.74, 6) is -0.193. The van der Waals surface area contributed by atoms with E-state index in [1.165, 1.54) is 16.7 Å². The van der Waals surface area contributed by atoms with E-state index in [9.17, 15) is 14.0 Å². The van der Waals surface area contributed by atoms with Crippen LogP contribution in [0.1, 0.15) is 24.1 Å². The van der Waals surface area contributed by atoms with Crippen molar-refractivity contribution in [3.05, 3.63) is 92.4 Å². The summed E-state index contributed by atoms with van der Waals surface area (Å²) in [6, 6.07) is 16.0. The minimum atomic E-state index is -0.666. The largest absolute Gasteiger partial charge is 0.358 e. The Balaban J connectivity index is 1.77. The molecule has 138 valence electrons. The number of hydrogen-bond donors (Lipinski definition) is 2.